The molecule has 0 aromatic rings. The first kappa shape index (κ1) is 12.1. The first-order valence-corrected chi connectivity index (χ1v) is 6.27. The third-order valence-corrected chi connectivity index (χ3v) is 2.95. The lowest BCUT2D eigenvalue weighted by molar-refractivity contribution is 0.0785. The second kappa shape index (κ2) is 8.31. The molecule has 0 unspecified atom stereocenters. The van der Waals surface area contributed by atoms with Gasteiger partial charge in [-0.15, -0.1) is 11.6 Å². The predicted molar refractivity (Wildman–Crippen MR) is 61.9 cm³/mol. The zero-order chi connectivity index (χ0) is 10.1. The number of ether oxygens (including phenoxy) is 1. The van der Waals surface area contributed by atoms with E-state index in [1.807, 2.05) is 0 Å². The second-order valence-electron chi connectivity index (χ2n) is 3.92. The van der Waals surface area contributed by atoms with Crippen molar-refractivity contribution in [2.24, 2.45) is 5.92 Å². The molecule has 2 heteroatoms. The highest BCUT2D eigenvalue weighted by molar-refractivity contribution is 6.17. The molecule has 0 N–H and O–H groups in total. The number of rotatable bonds is 6. The molecule has 0 aromatic carbocycles. The summed E-state index contributed by atoms with van der Waals surface area (Å²) in [7, 11) is 0. The average molecular weight is 217 g/mol. The highest BCUT2D eigenvalue weighted by atomic mass is 35.5. The Morgan fingerprint density at radius 1 is 1.14 bits per heavy atom. The minimum atomic E-state index is 0.775. The number of allylic oxidation sites excluding steroid dienone is 2. The van der Waals surface area contributed by atoms with E-state index in [-0.39, 0.29) is 0 Å². The molecular weight excluding hydrogens is 196 g/mol. The first-order chi connectivity index (χ1) is 6.93. The van der Waals surface area contributed by atoms with Gasteiger partial charge in [-0.25, -0.2) is 0 Å². The summed E-state index contributed by atoms with van der Waals surface area (Å²) in [6, 6.07) is 0. The Balaban J connectivity index is 1.96. The van der Waals surface area contributed by atoms with Gasteiger partial charge >= 0.3 is 0 Å². The van der Waals surface area contributed by atoms with Crippen LogP contribution >= 0.6 is 11.6 Å². The fourth-order valence-corrected chi connectivity index (χ4v) is 1.92. The number of hydrogen-bond donors (Lipinski definition) is 0. The smallest absolute Gasteiger partial charge is 0.0471 e. The first-order valence-electron chi connectivity index (χ1n) is 5.74. The maximum Gasteiger partial charge on any atom is 0.0471 e. The fraction of sp³-hybridized carbons (Fsp3) is 0.833. The Hall–Kier alpha value is -0.0100. The van der Waals surface area contributed by atoms with Crippen LogP contribution in [0.25, 0.3) is 0 Å². The normalized spacial score (nSPS) is 19.2. The van der Waals surface area contributed by atoms with E-state index >= 15 is 0 Å². The van der Waals surface area contributed by atoms with E-state index in [1.165, 1.54) is 32.1 Å². The lowest BCUT2D eigenvalue weighted by Crippen LogP contribution is -2.13. The van der Waals surface area contributed by atoms with Gasteiger partial charge in [-0.05, 0) is 38.0 Å². The number of unbranched alkanes of at least 4 members (excludes halogenated alkanes) is 3. The summed E-state index contributed by atoms with van der Waals surface area (Å²) in [5.41, 5.74) is 0. The van der Waals surface area contributed by atoms with Gasteiger partial charge in [-0.1, -0.05) is 18.6 Å². The Morgan fingerprint density at radius 3 is 2.64 bits per heavy atom. The molecule has 0 saturated carbocycles. The lowest BCUT2D eigenvalue weighted by atomic mass is 9.99. The van der Waals surface area contributed by atoms with Crippen molar-refractivity contribution in [3.05, 3.63) is 12.2 Å². The molecule has 1 saturated heterocycles. The van der Waals surface area contributed by atoms with Gasteiger partial charge in [-0.3, -0.25) is 0 Å². The van der Waals surface area contributed by atoms with E-state index in [2.05, 4.69) is 12.2 Å². The van der Waals surface area contributed by atoms with Crippen molar-refractivity contribution in [2.45, 2.75) is 38.5 Å². The van der Waals surface area contributed by atoms with E-state index in [1.54, 1.807) is 0 Å². The number of alkyl halides is 1. The monoisotopic (exact) mass is 216 g/mol. The van der Waals surface area contributed by atoms with Crippen molar-refractivity contribution in [3.63, 3.8) is 0 Å². The molecular formula is C12H21ClO. The van der Waals surface area contributed by atoms with Crippen LogP contribution in [-0.2, 0) is 4.74 Å². The molecule has 1 aliphatic rings. The summed E-state index contributed by atoms with van der Waals surface area (Å²) < 4.78 is 5.31. The summed E-state index contributed by atoms with van der Waals surface area (Å²) >= 11 is 5.60. The second-order valence-corrected chi connectivity index (χ2v) is 4.29. The van der Waals surface area contributed by atoms with Gasteiger partial charge in [-0.2, -0.15) is 0 Å². The molecule has 1 nitrogen and oxygen atoms in total. The summed E-state index contributed by atoms with van der Waals surface area (Å²) in [5, 5.41) is 0. The van der Waals surface area contributed by atoms with Gasteiger partial charge in [0, 0.05) is 19.1 Å². The Labute approximate surface area is 92.5 Å². The Kier molecular flexibility index (Phi) is 7.16. The molecule has 82 valence electrons. The zero-order valence-electron chi connectivity index (χ0n) is 8.88. The summed E-state index contributed by atoms with van der Waals surface area (Å²) in [4.78, 5) is 0. The van der Waals surface area contributed by atoms with Gasteiger partial charge in [0.05, 0.1) is 0 Å². The molecule has 1 aliphatic heterocycles. The van der Waals surface area contributed by atoms with Crippen LogP contribution in [0, 0.1) is 5.92 Å². The van der Waals surface area contributed by atoms with Crippen molar-refractivity contribution >= 4 is 11.6 Å². The quantitative estimate of drug-likeness (QED) is 0.373. The molecule has 1 heterocycles. The SMILES string of the molecule is ClCCCCC/C=C/C1CCOCC1. The molecule has 0 radical (unpaired) electrons. The summed E-state index contributed by atoms with van der Waals surface area (Å²) in [6.07, 6.45) is 12.1. The molecule has 0 amide bonds. The van der Waals surface area contributed by atoms with Gasteiger partial charge in [0.2, 0.25) is 0 Å². The van der Waals surface area contributed by atoms with Crippen molar-refractivity contribution in [1.29, 1.82) is 0 Å². The van der Waals surface area contributed by atoms with Crippen LogP contribution < -0.4 is 0 Å². The highest BCUT2D eigenvalue weighted by Gasteiger charge is 2.09. The topological polar surface area (TPSA) is 9.23 Å². The van der Waals surface area contributed by atoms with Crippen molar-refractivity contribution in [2.75, 3.05) is 19.1 Å². The largest absolute Gasteiger partial charge is 0.381 e. The minimum absolute atomic E-state index is 0.775. The third-order valence-electron chi connectivity index (χ3n) is 2.68. The van der Waals surface area contributed by atoms with Gasteiger partial charge < -0.3 is 4.74 Å². The molecule has 0 aromatic heterocycles. The third kappa shape index (κ3) is 5.66. The van der Waals surface area contributed by atoms with Crippen LogP contribution in [-0.4, -0.2) is 19.1 Å². The Bertz CT molecular complexity index is 150. The predicted octanol–water partition coefficient (Wildman–Crippen LogP) is 3.77. The van der Waals surface area contributed by atoms with Crippen molar-refractivity contribution in [3.8, 4) is 0 Å². The van der Waals surface area contributed by atoms with Gasteiger partial charge in [0.1, 0.15) is 0 Å². The van der Waals surface area contributed by atoms with Crippen molar-refractivity contribution in [1.82, 2.24) is 0 Å². The fourth-order valence-electron chi connectivity index (χ4n) is 1.73. The lowest BCUT2D eigenvalue weighted by Gasteiger charge is -2.18. The highest BCUT2D eigenvalue weighted by Crippen LogP contribution is 2.16. The van der Waals surface area contributed by atoms with Crippen LogP contribution in [0.15, 0.2) is 12.2 Å². The zero-order valence-corrected chi connectivity index (χ0v) is 9.64. The standard InChI is InChI=1S/C12H21ClO/c13-9-5-3-1-2-4-6-12-7-10-14-11-8-12/h4,6,12H,1-3,5,7-11H2/b6-4+. The summed E-state index contributed by atoms with van der Waals surface area (Å²) in [6.45, 7) is 1.89. The Morgan fingerprint density at radius 2 is 1.93 bits per heavy atom. The molecule has 0 spiro atoms. The van der Waals surface area contributed by atoms with Crippen LogP contribution in [0.1, 0.15) is 38.5 Å². The number of hydrogen-bond acceptors (Lipinski definition) is 1. The van der Waals surface area contributed by atoms with Crippen molar-refractivity contribution < 1.29 is 4.74 Å². The van der Waals surface area contributed by atoms with Crippen LogP contribution in [0.3, 0.4) is 0 Å². The van der Waals surface area contributed by atoms with E-state index in [0.717, 1.165) is 31.4 Å². The van der Waals surface area contributed by atoms with Gasteiger partial charge in [0.15, 0.2) is 0 Å². The minimum Gasteiger partial charge on any atom is -0.381 e. The molecule has 1 fully saturated rings. The molecule has 14 heavy (non-hydrogen) atoms. The van der Waals surface area contributed by atoms with Crippen LogP contribution in [0.5, 0.6) is 0 Å². The number of halogens is 1. The molecule has 0 aliphatic carbocycles. The van der Waals surface area contributed by atoms with E-state index in [0.29, 0.717) is 0 Å². The average Bonchev–Trinajstić information content (AvgIpc) is 2.25. The molecule has 1 rings (SSSR count). The van der Waals surface area contributed by atoms with E-state index in [4.69, 9.17) is 16.3 Å². The molecule has 0 bridgehead atoms. The van der Waals surface area contributed by atoms with E-state index < -0.39 is 0 Å². The maximum absolute atomic E-state index is 5.60. The summed E-state index contributed by atoms with van der Waals surface area (Å²) in [5.74, 6) is 1.58. The maximum atomic E-state index is 5.60. The van der Waals surface area contributed by atoms with Crippen LogP contribution in [0.2, 0.25) is 0 Å². The van der Waals surface area contributed by atoms with Crippen LogP contribution in [0.4, 0.5) is 0 Å². The molecule has 0 atom stereocenters. The van der Waals surface area contributed by atoms with E-state index in [9.17, 15) is 0 Å². The van der Waals surface area contributed by atoms with Gasteiger partial charge in [0.25, 0.3) is 0 Å².